The molecule has 0 aromatic heterocycles. The Balaban J connectivity index is 2.38. The van der Waals surface area contributed by atoms with E-state index in [1.165, 1.54) is 23.9 Å². The lowest BCUT2D eigenvalue weighted by Gasteiger charge is -2.10. The van der Waals surface area contributed by atoms with Crippen molar-refractivity contribution in [3.63, 3.8) is 0 Å². The number of nitrogen functional groups attached to an aromatic ring is 1. The lowest BCUT2D eigenvalue weighted by Crippen LogP contribution is -2.13. The van der Waals surface area contributed by atoms with E-state index in [0.717, 1.165) is 4.90 Å². The van der Waals surface area contributed by atoms with Gasteiger partial charge in [-0.15, -0.1) is 11.8 Å². The van der Waals surface area contributed by atoms with Crippen molar-refractivity contribution in [2.45, 2.75) is 9.79 Å². The monoisotopic (exact) mass is 328 g/mol. The van der Waals surface area contributed by atoms with Gasteiger partial charge < -0.3 is 5.73 Å². The zero-order chi connectivity index (χ0) is 14.8. The quantitative estimate of drug-likeness (QED) is 0.666. The van der Waals surface area contributed by atoms with Gasteiger partial charge in [0.1, 0.15) is 4.90 Å². The summed E-state index contributed by atoms with van der Waals surface area (Å²) < 4.78 is 27.1. The summed E-state index contributed by atoms with van der Waals surface area (Å²) in [6.45, 7) is 0. The van der Waals surface area contributed by atoms with Gasteiger partial charge in [-0.2, -0.15) is 0 Å². The molecule has 4 nitrogen and oxygen atoms in total. The fourth-order valence-corrected chi connectivity index (χ4v) is 3.67. The fraction of sp³-hybridized carbons (Fsp3) is 0.0769. The molecule has 0 amide bonds. The molecular formula is C13H13ClN2O2S2. The second-order valence-corrected chi connectivity index (χ2v) is 6.96. The van der Waals surface area contributed by atoms with E-state index in [-0.39, 0.29) is 9.92 Å². The molecule has 0 radical (unpaired) electrons. The van der Waals surface area contributed by atoms with Crippen LogP contribution in [0.1, 0.15) is 0 Å². The highest BCUT2D eigenvalue weighted by molar-refractivity contribution is 7.98. The first-order valence-corrected chi connectivity index (χ1v) is 8.73. The minimum atomic E-state index is -3.76. The lowest BCUT2D eigenvalue weighted by molar-refractivity contribution is 0.601. The SMILES string of the molecule is CSc1cccc(NS(=O)(=O)c2cc(N)ccc2Cl)c1. The highest BCUT2D eigenvalue weighted by Gasteiger charge is 2.18. The molecule has 0 saturated heterocycles. The summed E-state index contributed by atoms with van der Waals surface area (Å²) in [5, 5.41) is 0.132. The molecule has 3 N–H and O–H groups in total. The second-order valence-electron chi connectivity index (χ2n) is 4.03. The van der Waals surface area contributed by atoms with Crippen molar-refractivity contribution < 1.29 is 8.42 Å². The van der Waals surface area contributed by atoms with E-state index >= 15 is 0 Å². The van der Waals surface area contributed by atoms with E-state index < -0.39 is 10.0 Å². The minimum absolute atomic E-state index is 0.0336. The third-order valence-electron chi connectivity index (χ3n) is 2.57. The van der Waals surface area contributed by atoms with E-state index in [1.807, 2.05) is 12.3 Å². The summed E-state index contributed by atoms with van der Waals surface area (Å²) in [5.74, 6) is 0. The smallest absolute Gasteiger partial charge is 0.263 e. The third-order valence-corrected chi connectivity index (χ3v) is 5.15. The Morgan fingerprint density at radius 1 is 1.20 bits per heavy atom. The van der Waals surface area contributed by atoms with Gasteiger partial charge >= 0.3 is 0 Å². The van der Waals surface area contributed by atoms with Gasteiger partial charge in [-0.25, -0.2) is 8.42 Å². The van der Waals surface area contributed by atoms with Crippen LogP contribution in [-0.2, 0) is 10.0 Å². The molecule has 0 heterocycles. The molecule has 106 valence electrons. The van der Waals surface area contributed by atoms with E-state index in [4.69, 9.17) is 17.3 Å². The summed E-state index contributed by atoms with van der Waals surface area (Å²) >= 11 is 7.46. The van der Waals surface area contributed by atoms with Gasteiger partial charge in [0.15, 0.2) is 0 Å². The zero-order valence-corrected chi connectivity index (χ0v) is 13.0. The molecule has 0 fully saturated rings. The first-order valence-electron chi connectivity index (χ1n) is 5.64. The molecule has 0 spiro atoms. The van der Waals surface area contributed by atoms with Crippen molar-refractivity contribution in [2.75, 3.05) is 16.7 Å². The molecule has 2 aromatic rings. The predicted octanol–water partition coefficient (Wildman–Crippen LogP) is 3.44. The molecule has 20 heavy (non-hydrogen) atoms. The number of thioether (sulfide) groups is 1. The molecular weight excluding hydrogens is 316 g/mol. The number of nitrogens with two attached hydrogens (primary N) is 1. The van der Waals surface area contributed by atoms with Crippen molar-refractivity contribution >= 4 is 44.8 Å². The lowest BCUT2D eigenvalue weighted by atomic mass is 10.3. The first-order chi connectivity index (χ1) is 9.42. The first kappa shape index (κ1) is 15.0. The van der Waals surface area contributed by atoms with Crippen LogP contribution >= 0.6 is 23.4 Å². The van der Waals surface area contributed by atoms with Crippen LogP contribution in [0.5, 0.6) is 0 Å². The number of benzene rings is 2. The van der Waals surface area contributed by atoms with Crippen LogP contribution in [0, 0.1) is 0 Å². The van der Waals surface area contributed by atoms with E-state index in [2.05, 4.69) is 4.72 Å². The van der Waals surface area contributed by atoms with Gasteiger partial charge in [0, 0.05) is 16.3 Å². The van der Waals surface area contributed by atoms with E-state index in [0.29, 0.717) is 11.4 Å². The van der Waals surface area contributed by atoms with Crippen LogP contribution in [-0.4, -0.2) is 14.7 Å². The average Bonchev–Trinajstić information content (AvgIpc) is 2.41. The Kier molecular flexibility index (Phi) is 4.47. The van der Waals surface area contributed by atoms with Gasteiger partial charge in [-0.05, 0) is 42.7 Å². The molecule has 2 aromatic carbocycles. The summed E-state index contributed by atoms with van der Waals surface area (Å²) in [4.78, 5) is 0.928. The highest BCUT2D eigenvalue weighted by Crippen LogP contribution is 2.27. The molecule has 0 bridgehead atoms. The molecule has 7 heteroatoms. The molecule has 0 atom stereocenters. The molecule has 0 unspecified atom stereocenters. The summed E-state index contributed by atoms with van der Waals surface area (Å²) in [7, 11) is -3.76. The fourth-order valence-electron chi connectivity index (χ4n) is 1.62. The topological polar surface area (TPSA) is 72.2 Å². The van der Waals surface area contributed by atoms with Crippen molar-refractivity contribution in [1.82, 2.24) is 0 Å². The van der Waals surface area contributed by atoms with Gasteiger partial charge in [-0.1, -0.05) is 17.7 Å². The van der Waals surface area contributed by atoms with Crippen LogP contribution in [0.25, 0.3) is 0 Å². The maximum Gasteiger partial charge on any atom is 0.263 e. The predicted molar refractivity (Wildman–Crippen MR) is 84.9 cm³/mol. The number of rotatable bonds is 4. The normalized spacial score (nSPS) is 11.3. The van der Waals surface area contributed by atoms with Crippen molar-refractivity contribution in [2.24, 2.45) is 0 Å². The van der Waals surface area contributed by atoms with Crippen LogP contribution in [0.2, 0.25) is 5.02 Å². The highest BCUT2D eigenvalue weighted by atomic mass is 35.5. The molecule has 0 aliphatic heterocycles. The van der Waals surface area contributed by atoms with Crippen LogP contribution in [0.15, 0.2) is 52.3 Å². The summed E-state index contributed by atoms with van der Waals surface area (Å²) in [5.41, 5.74) is 6.43. The van der Waals surface area contributed by atoms with Crippen LogP contribution < -0.4 is 10.5 Å². The molecule has 0 aliphatic rings. The molecule has 0 saturated carbocycles. The van der Waals surface area contributed by atoms with Crippen LogP contribution in [0.3, 0.4) is 0 Å². The summed E-state index contributed by atoms with van der Waals surface area (Å²) in [6, 6.07) is 11.5. The maximum atomic E-state index is 12.3. The number of nitrogens with one attached hydrogen (secondary N) is 1. The van der Waals surface area contributed by atoms with Crippen molar-refractivity contribution in [3.8, 4) is 0 Å². The minimum Gasteiger partial charge on any atom is -0.399 e. The molecule has 0 aliphatic carbocycles. The Labute approximate surface area is 127 Å². The van der Waals surface area contributed by atoms with Crippen molar-refractivity contribution in [1.29, 1.82) is 0 Å². The van der Waals surface area contributed by atoms with Gasteiger partial charge in [0.25, 0.3) is 10.0 Å². The Bertz CT molecular complexity index is 733. The van der Waals surface area contributed by atoms with E-state index in [1.54, 1.807) is 24.3 Å². The van der Waals surface area contributed by atoms with Gasteiger partial charge in [0.05, 0.1) is 5.02 Å². The van der Waals surface area contributed by atoms with Gasteiger partial charge in [0.2, 0.25) is 0 Å². The number of anilines is 2. The Hall–Kier alpha value is -1.37. The number of sulfonamides is 1. The third kappa shape index (κ3) is 3.39. The van der Waals surface area contributed by atoms with Crippen LogP contribution in [0.4, 0.5) is 11.4 Å². The largest absolute Gasteiger partial charge is 0.399 e. The second kappa shape index (κ2) is 5.95. The average molecular weight is 329 g/mol. The number of hydrogen-bond donors (Lipinski definition) is 2. The standard InChI is InChI=1S/C13H13ClN2O2S2/c1-19-11-4-2-3-10(8-11)16-20(17,18)13-7-9(15)5-6-12(13)14/h2-8,16H,15H2,1H3. The zero-order valence-electron chi connectivity index (χ0n) is 10.6. The Morgan fingerprint density at radius 2 is 1.95 bits per heavy atom. The number of hydrogen-bond acceptors (Lipinski definition) is 4. The Morgan fingerprint density at radius 3 is 2.65 bits per heavy atom. The maximum absolute atomic E-state index is 12.3. The van der Waals surface area contributed by atoms with E-state index in [9.17, 15) is 8.42 Å². The molecule has 2 rings (SSSR count). The summed E-state index contributed by atoms with van der Waals surface area (Å²) in [6.07, 6.45) is 1.92. The number of halogens is 1. The van der Waals surface area contributed by atoms with Crippen molar-refractivity contribution in [3.05, 3.63) is 47.5 Å². The van der Waals surface area contributed by atoms with Gasteiger partial charge in [-0.3, -0.25) is 4.72 Å².